The molecule has 0 radical (unpaired) electrons. The Bertz CT molecular complexity index is 418. The first kappa shape index (κ1) is 14.9. The van der Waals surface area contributed by atoms with Gasteiger partial charge in [-0.25, -0.2) is 5.06 Å². The van der Waals surface area contributed by atoms with Crippen molar-refractivity contribution in [2.75, 3.05) is 32.8 Å². The predicted octanol–water partition coefficient (Wildman–Crippen LogP) is 1.96. The molecule has 4 aliphatic rings. The molecule has 0 N–H and O–H groups in total. The van der Waals surface area contributed by atoms with Crippen LogP contribution in [0.4, 0.5) is 0 Å². The van der Waals surface area contributed by atoms with Crippen LogP contribution < -0.4 is 0 Å². The molecule has 3 saturated heterocycles. The fourth-order valence-corrected chi connectivity index (χ4v) is 4.89. The molecular formula is C17H28N2O3. The van der Waals surface area contributed by atoms with Crippen LogP contribution in [0, 0.1) is 5.41 Å². The first-order valence-corrected chi connectivity index (χ1v) is 9.10. The highest BCUT2D eigenvalue weighted by atomic mass is 16.7. The number of hydrogen-bond acceptors (Lipinski definition) is 4. The van der Waals surface area contributed by atoms with Crippen molar-refractivity contribution in [3.05, 3.63) is 0 Å². The second-order valence-corrected chi connectivity index (χ2v) is 7.41. The maximum absolute atomic E-state index is 13.1. The van der Waals surface area contributed by atoms with Crippen molar-refractivity contribution < 1.29 is 14.4 Å². The Kier molecular flexibility index (Phi) is 4.13. The molecule has 4 fully saturated rings. The van der Waals surface area contributed by atoms with E-state index in [1.54, 1.807) is 5.06 Å². The van der Waals surface area contributed by atoms with Crippen LogP contribution in [0.5, 0.6) is 0 Å². The molecule has 4 rings (SSSR count). The Balaban J connectivity index is 1.52. The van der Waals surface area contributed by atoms with Gasteiger partial charge in [0.15, 0.2) is 0 Å². The van der Waals surface area contributed by atoms with E-state index in [1.807, 2.05) is 0 Å². The number of likely N-dealkylation sites (tertiary alicyclic amines) is 1. The summed E-state index contributed by atoms with van der Waals surface area (Å²) in [6.07, 6.45) is 9.58. The Morgan fingerprint density at radius 2 is 1.86 bits per heavy atom. The molecule has 2 atom stereocenters. The zero-order chi connectivity index (χ0) is 15.0. The Hall–Kier alpha value is -0.650. The molecule has 5 nitrogen and oxygen atoms in total. The van der Waals surface area contributed by atoms with E-state index in [1.165, 1.54) is 32.1 Å². The van der Waals surface area contributed by atoms with E-state index in [0.717, 1.165) is 45.5 Å². The normalized spacial score (nSPS) is 37.5. The van der Waals surface area contributed by atoms with Crippen LogP contribution in [-0.2, 0) is 14.4 Å². The van der Waals surface area contributed by atoms with Crippen LogP contribution in [0.15, 0.2) is 0 Å². The summed E-state index contributed by atoms with van der Waals surface area (Å²) in [4.78, 5) is 21.3. The van der Waals surface area contributed by atoms with Gasteiger partial charge >= 0.3 is 0 Å². The molecule has 0 spiro atoms. The Morgan fingerprint density at radius 3 is 2.64 bits per heavy atom. The molecule has 1 amide bonds. The van der Waals surface area contributed by atoms with Crippen molar-refractivity contribution in [3.63, 3.8) is 0 Å². The third kappa shape index (κ3) is 2.47. The van der Waals surface area contributed by atoms with Crippen LogP contribution in [0.2, 0.25) is 0 Å². The summed E-state index contributed by atoms with van der Waals surface area (Å²) in [6.45, 7) is 4.12. The fraction of sp³-hybridized carbons (Fsp3) is 0.941. The molecule has 0 bridgehead atoms. The minimum atomic E-state index is -0.347. The maximum atomic E-state index is 13.1. The van der Waals surface area contributed by atoms with Crippen molar-refractivity contribution in [1.82, 2.24) is 9.96 Å². The largest absolute Gasteiger partial charge is 0.377 e. The topological polar surface area (TPSA) is 42.0 Å². The molecular weight excluding hydrogens is 280 g/mol. The highest BCUT2D eigenvalue weighted by Gasteiger charge is 2.55. The van der Waals surface area contributed by atoms with E-state index in [9.17, 15) is 4.79 Å². The SMILES string of the molecule is O=C(N1CCCO1)[C@@]12CCO[C@@H]1CCN(C1CCCCC1)C2. The first-order chi connectivity index (χ1) is 10.8. The van der Waals surface area contributed by atoms with Crippen molar-refractivity contribution in [2.45, 2.75) is 63.5 Å². The third-order valence-electron chi connectivity index (χ3n) is 6.14. The lowest BCUT2D eigenvalue weighted by Crippen LogP contribution is -2.59. The van der Waals surface area contributed by atoms with Crippen LogP contribution in [-0.4, -0.2) is 60.9 Å². The van der Waals surface area contributed by atoms with E-state index in [2.05, 4.69) is 4.90 Å². The summed E-state index contributed by atoms with van der Waals surface area (Å²) in [7, 11) is 0. The number of fused-ring (bicyclic) bond motifs is 1. The van der Waals surface area contributed by atoms with Gasteiger partial charge in [0.05, 0.1) is 24.7 Å². The smallest absolute Gasteiger partial charge is 0.256 e. The Morgan fingerprint density at radius 1 is 1.00 bits per heavy atom. The monoisotopic (exact) mass is 308 g/mol. The number of carbonyl (C=O) groups excluding carboxylic acids is 1. The van der Waals surface area contributed by atoms with Gasteiger partial charge in [0.1, 0.15) is 0 Å². The maximum Gasteiger partial charge on any atom is 0.256 e. The summed E-state index contributed by atoms with van der Waals surface area (Å²) in [5.74, 6) is 0.188. The van der Waals surface area contributed by atoms with Crippen molar-refractivity contribution in [2.24, 2.45) is 5.41 Å². The molecule has 124 valence electrons. The van der Waals surface area contributed by atoms with Gasteiger partial charge in [0.25, 0.3) is 5.91 Å². The molecule has 0 aromatic heterocycles. The minimum Gasteiger partial charge on any atom is -0.377 e. The van der Waals surface area contributed by atoms with Gasteiger partial charge in [0, 0.05) is 25.7 Å². The second-order valence-electron chi connectivity index (χ2n) is 7.41. The number of piperidine rings is 1. The van der Waals surface area contributed by atoms with E-state index < -0.39 is 0 Å². The summed E-state index contributed by atoms with van der Waals surface area (Å²) in [6, 6.07) is 0.680. The van der Waals surface area contributed by atoms with Crippen molar-refractivity contribution in [1.29, 1.82) is 0 Å². The molecule has 3 aliphatic heterocycles. The zero-order valence-corrected chi connectivity index (χ0v) is 13.5. The second kappa shape index (κ2) is 6.10. The molecule has 3 heterocycles. The third-order valence-corrected chi connectivity index (χ3v) is 6.14. The molecule has 0 aromatic carbocycles. The molecule has 0 aromatic rings. The Labute approximate surface area is 132 Å². The molecule has 22 heavy (non-hydrogen) atoms. The average Bonchev–Trinajstić information content (AvgIpc) is 3.24. The number of amides is 1. The summed E-state index contributed by atoms with van der Waals surface area (Å²) in [5, 5.41) is 1.63. The number of rotatable bonds is 2. The summed E-state index contributed by atoms with van der Waals surface area (Å²) in [5.41, 5.74) is -0.347. The quantitative estimate of drug-likeness (QED) is 0.782. The van der Waals surface area contributed by atoms with Crippen LogP contribution in [0.1, 0.15) is 51.4 Å². The molecule has 5 heteroatoms. The van der Waals surface area contributed by atoms with Gasteiger partial charge in [-0.3, -0.25) is 14.5 Å². The van der Waals surface area contributed by atoms with Crippen LogP contribution in [0.3, 0.4) is 0 Å². The van der Waals surface area contributed by atoms with Crippen LogP contribution in [0.25, 0.3) is 0 Å². The lowest BCUT2D eigenvalue weighted by Gasteiger charge is -2.47. The highest BCUT2D eigenvalue weighted by Crippen LogP contribution is 2.44. The standard InChI is InChI=1S/C17H28N2O3/c20-16(19-9-4-11-22-19)17-8-12-21-15(17)7-10-18(13-17)14-5-2-1-3-6-14/h14-15H,1-13H2/t15-,17-/m1/s1. The first-order valence-electron chi connectivity index (χ1n) is 9.10. The van der Waals surface area contributed by atoms with E-state index in [-0.39, 0.29) is 17.4 Å². The van der Waals surface area contributed by atoms with E-state index >= 15 is 0 Å². The molecule has 1 aliphatic carbocycles. The summed E-state index contributed by atoms with van der Waals surface area (Å²) >= 11 is 0. The molecule has 1 saturated carbocycles. The van der Waals surface area contributed by atoms with Gasteiger partial charge in [-0.15, -0.1) is 0 Å². The number of hydrogen-bond donors (Lipinski definition) is 0. The predicted molar refractivity (Wildman–Crippen MR) is 82.1 cm³/mol. The number of ether oxygens (including phenoxy) is 1. The van der Waals surface area contributed by atoms with E-state index in [0.29, 0.717) is 12.6 Å². The van der Waals surface area contributed by atoms with Crippen molar-refractivity contribution in [3.8, 4) is 0 Å². The number of hydroxylamine groups is 2. The van der Waals surface area contributed by atoms with Gasteiger partial charge in [0.2, 0.25) is 0 Å². The van der Waals surface area contributed by atoms with Gasteiger partial charge in [-0.05, 0) is 32.1 Å². The molecule has 0 unspecified atom stereocenters. The van der Waals surface area contributed by atoms with Gasteiger partial charge in [-0.2, -0.15) is 0 Å². The van der Waals surface area contributed by atoms with Crippen LogP contribution >= 0.6 is 0 Å². The van der Waals surface area contributed by atoms with Gasteiger partial charge < -0.3 is 4.74 Å². The minimum absolute atomic E-state index is 0.101. The van der Waals surface area contributed by atoms with Gasteiger partial charge in [-0.1, -0.05) is 19.3 Å². The van der Waals surface area contributed by atoms with E-state index in [4.69, 9.17) is 9.57 Å². The summed E-state index contributed by atoms with van der Waals surface area (Å²) < 4.78 is 5.95. The number of nitrogens with zero attached hydrogens (tertiary/aromatic N) is 2. The number of carbonyl (C=O) groups is 1. The lowest BCUT2D eigenvalue weighted by atomic mass is 9.74. The zero-order valence-electron chi connectivity index (χ0n) is 13.5. The van der Waals surface area contributed by atoms with Crippen molar-refractivity contribution >= 4 is 5.91 Å². The fourth-order valence-electron chi connectivity index (χ4n) is 4.89. The average molecular weight is 308 g/mol. The highest BCUT2D eigenvalue weighted by molar-refractivity contribution is 5.83. The lowest BCUT2D eigenvalue weighted by molar-refractivity contribution is -0.188.